The Balaban J connectivity index is 2.62. The summed E-state index contributed by atoms with van der Waals surface area (Å²) in [5, 5.41) is 0.890. The SMILES string of the molecule is O=[C]Oc1c[nH]c2ccccc12. The van der Waals surface area contributed by atoms with Gasteiger partial charge in [-0.1, -0.05) is 12.1 Å². The number of benzene rings is 1. The van der Waals surface area contributed by atoms with Crippen LogP contribution in [0.15, 0.2) is 30.5 Å². The van der Waals surface area contributed by atoms with Gasteiger partial charge in [0.25, 0.3) is 0 Å². The standard InChI is InChI=1S/C9H6NO2/c11-6-12-9-5-10-8-4-2-1-3-7(8)9/h1-5,10H. The van der Waals surface area contributed by atoms with E-state index in [1.54, 1.807) is 6.20 Å². The highest BCUT2D eigenvalue weighted by atomic mass is 16.5. The van der Waals surface area contributed by atoms with Crippen LogP contribution in [-0.2, 0) is 4.79 Å². The molecule has 1 heterocycles. The van der Waals surface area contributed by atoms with Crippen molar-refractivity contribution >= 4 is 17.4 Å². The summed E-state index contributed by atoms with van der Waals surface area (Å²) in [5.41, 5.74) is 0.947. The van der Waals surface area contributed by atoms with Gasteiger partial charge in [0.2, 0.25) is 0 Å². The average Bonchev–Trinajstić information content (AvgIpc) is 2.50. The Morgan fingerprint density at radius 2 is 2.17 bits per heavy atom. The predicted octanol–water partition coefficient (Wildman–Crippen LogP) is 1.61. The van der Waals surface area contributed by atoms with Gasteiger partial charge in [0.15, 0.2) is 5.75 Å². The predicted molar refractivity (Wildman–Crippen MR) is 44.6 cm³/mol. The van der Waals surface area contributed by atoms with E-state index in [4.69, 9.17) is 0 Å². The molecule has 1 radical (unpaired) electrons. The molecule has 0 aliphatic heterocycles. The molecule has 0 fully saturated rings. The molecule has 1 aromatic heterocycles. The molecule has 0 aliphatic carbocycles. The molecule has 3 nitrogen and oxygen atoms in total. The number of rotatable bonds is 2. The summed E-state index contributed by atoms with van der Waals surface area (Å²) in [5.74, 6) is 0.514. The third-order valence-electron chi connectivity index (χ3n) is 1.70. The maximum Gasteiger partial charge on any atom is 0.423 e. The molecule has 2 rings (SSSR count). The molecule has 0 saturated carbocycles. The van der Waals surface area contributed by atoms with Crippen molar-refractivity contribution in [2.24, 2.45) is 0 Å². The van der Waals surface area contributed by atoms with Crippen molar-refractivity contribution in [1.29, 1.82) is 0 Å². The van der Waals surface area contributed by atoms with Crippen LogP contribution in [0, 0.1) is 0 Å². The number of ether oxygens (including phenoxy) is 1. The van der Waals surface area contributed by atoms with Crippen molar-refractivity contribution in [1.82, 2.24) is 4.98 Å². The first kappa shape index (κ1) is 6.91. The van der Waals surface area contributed by atoms with Gasteiger partial charge in [-0.05, 0) is 12.1 Å². The maximum atomic E-state index is 9.95. The molecule has 3 heteroatoms. The number of carbonyl (C=O) groups excluding carboxylic acids is 1. The molecule has 0 atom stereocenters. The van der Waals surface area contributed by atoms with Crippen LogP contribution < -0.4 is 4.74 Å². The summed E-state index contributed by atoms with van der Waals surface area (Å²) in [7, 11) is 0. The van der Waals surface area contributed by atoms with Crippen LogP contribution in [-0.4, -0.2) is 11.5 Å². The van der Waals surface area contributed by atoms with E-state index in [2.05, 4.69) is 9.72 Å². The fraction of sp³-hybridized carbons (Fsp3) is 0. The largest absolute Gasteiger partial charge is 0.423 e. The van der Waals surface area contributed by atoms with E-state index in [-0.39, 0.29) is 0 Å². The summed E-state index contributed by atoms with van der Waals surface area (Å²) >= 11 is 0. The van der Waals surface area contributed by atoms with Crippen LogP contribution in [0.5, 0.6) is 5.75 Å². The highest BCUT2D eigenvalue weighted by Crippen LogP contribution is 2.23. The number of H-pyrrole nitrogens is 1. The summed E-state index contributed by atoms with van der Waals surface area (Å²) in [6.07, 6.45) is 1.63. The van der Waals surface area contributed by atoms with Crippen molar-refractivity contribution in [3.8, 4) is 5.75 Å². The van der Waals surface area contributed by atoms with Crippen molar-refractivity contribution in [2.75, 3.05) is 0 Å². The van der Waals surface area contributed by atoms with Gasteiger partial charge in [0.05, 0.1) is 0 Å². The minimum absolute atomic E-state index is 0.514. The Morgan fingerprint density at radius 1 is 1.33 bits per heavy atom. The Morgan fingerprint density at radius 3 is 3.00 bits per heavy atom. The zero-order valence-corrected chi connectivity index (χ0v) is 6.20. The Bertz CT molecular complexity index is 406. The minimum atomic E-state index is 0.514. The fourth-order valence-corrected chi connectivity index (χ4v) is 1.17. The van der Waals surface area contributed by atoms with Crippen LogP contribution in [0.1, 0.15) is 0 Å². The van der Waals surface area contributed by atoms with Crippen LogP contribution in [0.3, 0.4) is 0 Å². The molecule has 0 bridgehead atoms. The van der Waals surface area contributed by atoms with E-state index in [1.807, 2.05) is 24.3 Å². The molecule has 0 amide bonds. The molecule has 0 saturated heterocycles. The second kappa shape index (κ2) is 2.70. The van der Waals surface area contributed by atoms with Crippen molar-refractivity contribution in [2.45, 2.75) is 0 Å². The van der Waals surface area contributed by atoms with Gasteiger partial charge in [-0.3, -0.25) is 0 Å². The average molecular weight is 160 g/mol. The molecular formula is C9H6NO2. The number of aromatic amines is 1. The number of fused-ring (bicyclic) bond motifs is 1. The van der Waals surface area contributed by atoms with Crippen molar-refractivity contribution < 1.29 is 9.53 Å². The first-order valence-corrected chi connectivity index (χ1v) is 3.52. The van der Waals surface area contributed by atoms with E-state index < -0.39 is 0 Å². The molecule has 1 N–H and O–H groups in total. The normalized spacial score (nSPS) is 10.0. The molecule has 1 aromatic carbocycles. The van der Waals surface area contributed by atoms with E-state index in [9.17, 15) is 4.79 Å². The van der Waals surface area contributed by atoms with Crippen molar-refractivity contribution in [3.05, 3.63) is 30.5 Å². The lowest BCUT2D eigenvalue weighted by Crippen LogP contribution is -1.85. The van der Waals surface area contributed by atoms with Crippen molar-refractivity contribution in [3.63, 3.8) is 0 Å². The molecule has 0 spiro atoms. The van der Waals surface area contributed by atoms with Gasteiger partial charge >= 0.3 is 6.47 Å². The number of aromatic nitrogens is 1. The van der Waals surface area contributed by atoms with Crippen LogP contribution in [0.25, 0.3) is 10.9 Å². The first-order valence-electron chi connectivity index (χ1n) is 3.52. The lowest BCUT2D eigenvalue weighted by atomic mass is 10.2. The third kappa shape index (κ3) is 0.955. The van der Waals surface area contributed by atoms with Crippen LogP contribution in [0.4, 0.5) is 0 Å². The fourth-order valence-electron chi connectivity index (χ4n) is 1.17. The molecule has 12 heavy (non-hydrogen) atoms. The van der Waals surface area contributed by atoms with Crippen LogP contribution in [0.2, 0.25) is 0 Å². The summed E-state index contributed by atoms with van der Waals surface area (Å²) in [4.78, 5) is 12.9. The number of nitrogens with one attached hydrogen (secondary N) is 1. The zero-order valence-electron chi connectivity index (χ0n) is 6.20. The Kier molecular flexibility index (Phi) is 1.55. The van der Waals surface area contributed by atoms with E-state index in [0.29, 0.717) is 5.75 Å². The Labute approximate surface area is 69.0 Å². The smallest absolute Gasteiger partial charge is 0.416 e. The zero-order chi connectivity index (χ0) is 8.39. The third-order valence-corrected chi connectivity index (χ3v) is 1.70. The second-order valence-corrected chi connectivity index (χ2v) is 2.38. The van der Waals surface area contributed by atoms with Gasteiger partial charge in [-0.25, -0.2) is 4.79 Å². The quantitative estimate of drug-likeness (QED) is 0.725. The number of para-hydroxylation sites is 1. The van der Waals surface area contributed by atoms with E-state index in [1.165, 1.54) is 6.47 Å². The van der Waals surface area contributed by atoms with E-state index in [0.717, 1.165) is 10.9 Å². The minimum Gasteiger partial charge on any atom is -0.416 e. The van der Waals surface area contributed by atoms with Gasteiger partial charge in [-0.15, -0.1) is 0 Å². The van der Waals surface area contributed by atoms with Gasteiger partial charge < -0.3 is 9.72 Å². The Hall–Kier alpha value is -1.77. The second-order valence-electron chi connectivity index (χ2n) is 2.38. The lowest BCUT2D eigenvalue weighted by Gasteiger charge is -1.91. The lowest BCUT2D eigenvalue weighted by molar-refractivity contribution is 0.445. The highest BCUT2D eigenvalue weighted by Gasteiger charge is 2.02. The van der Waals surface area contributed by atoms with Crippen LogP contribution >= 0.6 is 0 Å². The number of hydrogen-bond donors (Lipinski definition) is 1. The highest BCUT2D eigenvalue weighted by molar-refractivity contribution is 5.86. The van der Waals surface area contributed by atoms with Gasteiger partial charge in [-0.2, -0.15) is 0 Å². The topological polar surface area (TPSA) is 42.1 Å². The summed E-state index contributed by atoms with van der Waals surface area (Å²) in [6.45, 7) is 1.39. The summed E-state index contributed by atoms with van der Waals surface area (Å²) in [6, 6.07) is 7.58. The molecule has 59 valence electrons. The molecule has 0 unspecified atom stereocenters. The molecule has 2 aromatic rings. The van der Waals surface area contributed by atoms with Gasteiger partial charge in [0.1, 0.15) is 0 Å². The van der Waals surface area contributed by atoms with E-state index >= 15 is 0 Å². The number of hydrogen-bond acceptors (Lipinski definition) is 2. The van der Waals surface area contributed by atoms with Gasteiger partial charge in [0, 0.05) is 17.1 Å². The molecule has 0 aliphatic rings. The summed E-state index contributed by atoms with van der Waals surface area (Å²) < 4.78 is 4.62. The maximum absolute atomic E-state index is 9.95. The first-order chi connectivity index (χ1) is 5.92. The molecular weight excluding hydrogens is 154 g/mol. The monoisotopic (exact) mass is 160 g/mol.